The second kappa shape index (κ2) is 13.2. The SMILES string of the molecule is N#CC(=Cc1nc(Cl)ccc1Cl)C(=O)NC(c1ccccc1)c1cccc(OCCN2CCOCC2)c1. The van der Waals surface area contributed by atoms with Gasteiger partial charge in [0.05, 0.1) is 30.0 Å². The topological polar surface area (TPSA) is 87.5 Å². The zero-order valence-electron chi connectivity index (χ0n) is 20.1. The summed E-state index contributed by atoms with van der Waals surface area (Å²) in [6, 6.07) is 21.7. The molecule has 1 aromatic heterocycles. The Morgan fingerprint density at radius 1 is 1.11 bits per heavy atom. The van der Waals surface area contributed by atoms with Gasteiger partial charge >= 0.3 is 0 Å². The Balaban J connectivity index is 1.54. The van der Waals surface area contributed by atoms with E-state index in [1.807, 2.05) is 60.7 Å². The minimum absolute atomic E-state index is 0.143. The molecule has 7 nitrogen and oxygen atoms in total. The standard InChI is InChI=1S/C28H26Cl2N4O3/c29-24-9-10-26(30)32-25(24)18-22(19-31)28(35)33-27(20-5-2-1-3-6-20)21-7-4-8-23(17-21)37-16-13-34-11-14-36-15-12-34/h1-10,17-18,27H,11-16H2,(H,33,35). The van der Waals surface area contributed by atoms with Crippen molar-refractivity contribution in [2.75, 3.05) is 39.5 Å². The highest BCUT2D eigenvalue weighted by atomic mass is 35.5. The number of hydrogen-bond donors (Lipinski definition) is 1. The lowest BCUT2D eigenvalue weighted by Crippen LogP contribution is -2.38. The summed E-state index contributed by atoms with van der Waals surface area (Å²) in [7, 11) is 0. The average Bonchev–Trinajstić information content (AvgIpc) is 2.93. The number of carbonyl (C=O) groups is 1. The van der Waals surface area contributed by atoms with Crippen LogP contribution in [0.15, 0.2) is 72.3 Å². The number of nitrogens with one attached hydrogen (secondary N) is 1. The number of aromatic nitrogens is 1. The van der Waals surface area contributed by atoms with Gasteiger partial charge in [0.1, 0.15) is 29.2 Å². The molecule has 1 amide bonds. The van der Waals surface area contributed by atoms with Gasteiger partial charge in [0, 0.05) is 19.6 Å². The summed E-state index contributed by atoms with van der Waals surface area (Å²) in [5, 5.41) is 13.2. The molecule has 0 saturated carbocycles. The number of carbonyl (C=O) groups excluding carboxylic acids is 1. The second-order valence-electron chi connectivity index (χ2n) is 8.36. The molecule has 9 heteroatoms. The molecule has 1 atom stereocenters. The zero-order valence-corrected chi connectivity index (χ0v) is 21.6. The number of nitriles is 1. The third-order valence-corrected chi connectivity index (χ3v) is 6.40. The van der Waals surface area contributed by atoms with Gasteiger partial charge in [0.15, 0.2) is 0 Å². The maximum absolute atomic E-state index is 13.2. The summed E-state index contributed by atoms with van der Waals surface area (Å²) in [5.74, 6) is 0.139. The number of nitrogens with zero attached hydrogens (tertiary/aromatic N) is 3. The molecule has 1 aliphatic heterocycles. The smallest absolute Gasteiger partial charge is 0.262 e. The molecule has 4 rings (SSSR count). The van der Waals surface area contributed by atoms with Gasteiger partial charge in [0.2, 0.25) is 0 Å². The Morgan fingerprint density at radius 2 is 1.86 bits per heavy atom. The zero-order chi connectivity index (χ0) is 26.0. The monoisotopic (exact) mass is 536 g/mol. The van der Waals surface area contributed by atoms with Crippen LogP contribution in [0.25, 0.3) is 6.08 Å². The number of pyridine rings is 1. The molecule has 1 aliphatic rings. The second-order valence-corrected chi connectivity index (χ2v) is 9.16. The van der Waals surface area contributed by atoms with Crippen LogP contribution in [0.3, 0.4) is 0 Å². The first-order chi connectivity index (χ1) is 18.0. The molecule has 0 spiro atoms. The average molecular weight is 537 g/mol. The molecule has 1 fully saturated rings. The fourth-order valence-corrected chi connectivity index (χ4v) is 4.25. The Hall–Kier alpha value is -3.41. The number of morpholine rings is 1. The molecule has 1 saturated heterocycles. The summed E-state index contributed by atoms with van der Waals surface area (Å²) in [6.07, 6.45) is 1.33. The lowest BCUT2D eigenvalue weighted by atomic mass is 9.98. The van der Waals surface area contributed by atoms with E-state index >= 15 is 0 Å². The van der Waals surface area contributed by atoms with Crippen molar-refractivity contribution in [3.8, 4) is 11.8 Å². The van der Waals surface area contributed by atoms with Gasteiger partial charge in [-0.1, -0.05) is 65.7 Å². The van der Waals surface area contributed by atoms with Gasteiger partial charge in [0.25, 0.3) is 5.91 Å². The van der Waals surface area contributed by atoms with Gasteiger partial charge in [-0.25, -0.2) is 4.98 Å². The molecule has 1 unspecified atom stereocenters. The largest absolute Gasteiger partial charge is 0.492 e. The Labute approximate surface area is 226 Å². The number of ether oxygens (including phenoxy) is 2. The van der Waals surface area contributed by atoms with Crippen LogP contribution in [0.1, 0.15) is 22.9 Å². The van der Waals surface area contributed by atoms with E-state index in [9.17, 15) is 10.1 Å². The van der Waals surface area contributed by atoms with Crippen molar-refractivity contribution in [1.29, 1.82) is 5.26 Å². The molecule has 0 aliphatic carbocycles. The summed E-state index contributed by atoms with van der Waals surface area (Å²) < 4.78 is 11.4. The Morgan fingerprint density at radius 3 is 2.62 bits per heavy atom. The van der Waals surface area contributed by atoms with Crippen molar-refractivity contribution in [3.05, 3.63) is 99.3 Å². The first-order valence-electron chi connectivity index (χ1n) is 11.9. The minimum atomic E-state index is -0.562. The molecule has 0 radical (unpaired) electrons. The number of halogens is 2. The van der Waals surface area contributed by atoms with E-state index in [1.54, 1.807) is 6.07 Å². The Kier molecular flexibility index (Phi) is 9.52. The number of amides is 1. The van der Waals surface area contributed by atoms with E-state index in [2.05, 4.69) is 15.2 Å². The van der Waals surface area contributed by atoms with E-state index in [4.69, 9.17) is 32.7 Å². The summed E-state index contributed by atoms with van der Waals surface area (Å²) in [5.41, 5.74) is 1.78. The van der Waals surface area contributed by atoms with Gasteiger partial charge in [-0.2, -0.15) is 5.26 Å². The van der Waals surface area contributed by atoms with Crippen LogP contribution in [0.2, 0.25) is 10.2 Å². The van der Waals surface area contributed by atoms with Crippen molar-refractivity contribution in [2.24, 2.45) is 0 Å². The molecule has 0 bridgehead atoms. The molecule has 2 aromatic carbocycles. The van der Waals surface area contributed by atoms with Crippen molar-refractivity contribution in [2.45, 2.75) is 6.04 Å². The number of benzene rings is 2. The molecular formula is C28H26Cl2N4O3. The van der Waals surface area contributed by atoms with Crippen molar-refractivity contribution in [3.63, 3.8) is 0 Å². The number of hydrogen-bond acceptors (Lipinski definition) is 6. The van der Waals surface area contributed by atoms with Crippen molar-refractivity contribution < 1.29 is 14.3 Å². The van der Waals surface area contributed by atoms with Crippen LogP contribution in [-0.4, -0.2) is 55.2 Å². The molecule has 1 N–H and O–H groups in total. The lowest BCUT2D eigenvalue weighted by Gasteiger charge is -2.26. The summed E-state index contributed by atoms with van der Waals surface area (Å²) in [4.78, 5) is 19.6. The molecule has 190 valence electrons. The Bertz CT molecular complexity index is 1290. The maximum Gasteiger partial charge on any atom is 0.262 e. The van der Waals surface area contributed by atoms with Crippen LogP contribution in [0, 0.1) is 11.3 Å². The quantitative estimate of drug-likeness (QED) is 0.237. The predicted octanol–water partition coefficient (Wildman–Crippen LogP) is 4.91. The fraction of sp³-hybridized carbons (Fsp3) is 0.250. The molecular weight excluding hydrogens is 511 g/mol. The van der Waals surface area contributed by atoms with Gasteiger partial charge < -0.3 is 14.8 Å². The third-order valence-electron chi connectivity index (χ3n) is 5.86. The highest BCUT2D eigenvalue weighted by Gasteiger charge is 2.20. The van der Waals surface area contributed by atoms with Crippen LogP contribution < -0.4 is 10.1 Å². The van der Waals surface area contributed by atoms with E-state index in [-0.39, 0.29) is 21.4 Å². The van der Waals surface area contributed by atoms with Gasteiger partial charge in [-0.15, -0.1) is 0 Å². The van der Waals surface area contributed by atoms with E-state index < -0.39 is 11.9 Å². The lowest BCUT2D eigenvalue weighted by molar-refractivity contribution is -0.117. The highest BCUT2D eigenvalue weighted by molar-refractivity contribution is 6.33. The van der Waals surface area contributed by atoms with Crippen LogP contribution in [0.5, 0.6) is 5.75 Å². The fourth-order valence-electron chi connectivity index (χ4n) is 3.93. The van der Waals surface area contributed by atoms with Crippen LogP contribution >= 0.6 is 23.2 Å². The molecule has 37 heavy (non-hydrogen) atoms. The first-order valence-corrected chi connectivity index (χ1v) is 12.6. The molecule has 2 heterocycles. The maximum atomic E-state index is 13.2. The summed E-state index contributed by atoms with van der Waals surface area (Å²) >= 11 is 12.1. The van der Waals surface area contributed by atoms with Crippen molar-refractivity contribution in [1.82, 2.24) is 15.2 Å². The van der Waals surface area contributed by atoms with Crippen molar-refractivity contribution >= 4 is 35.2 Å². The minimum Gasteiger partial charge on any atom is -0.492 e. The van der Waals surface area contributed by atoms with Crippen LogP contribution in [-0.2, 0) is 9.53 Å². The number of rotatable bonds is 9. The predicted molar refractivity (Wildman–Crippen MR) is 143 cm³/mol. The van der Waals surface area contributed by atoms with Crippen LogP contribution in [0.4, 0.5) is 0 Å². The van der Waals surface area contributed by atoms with E-state index in [0.717, 1.165) is 44.0 Å². The summed E-state index contributed by atoms with van der Waals surface area (Å²) in [6.45, 7) is 4.63. The van der Waals surface area contributed by atoms with Gasteiger partial charge in [-0.05, 0) is 41.5 Å². The highest BCUT2D eigenvalue weighted by Crippen LogP contribution is 2.26. The third kappa shape index (κ3) is 7.54. The van der Waals surface area contributed by atoms with E-state index in [0.29, 0.717) is 12.4 Å². The molecule has 3 aromatic rings. The first kappa shape index (κ1) is 26.6. The van der Waals surface area contributed by atoms with Gasteiger partial charge in [-0.3, -0.25) is 9.69 Å². The van der Waals surface area contributed by atoms with E-state index in [1.165, 1.54) is 12.1 Å². The normalized spacial score (nSPS) is 15.0.